The third-order valence-electron chi connectivity index (χ3n) is 6.45. The van der Waals surface area contributed by atoms with Gasteiger partial charge in [-0.05, 0) is 50.8 Å². The Morgan fingerprint density at radius 3 is 2.19 bits per heavy atom. The number of likely N-dealkylation sites (tertiary alicyclic amines) is 1. The molecule has 0 aliphatic carbocycles. The van der Waals surface area contributed by atoms with Crippen LogP contribution in [0.15, 0.2) is 59.5 Å². The standard InChI is InChI=1S/C23H27F3N2O3S/c1-22(2,32(30,31)19-10-6-9-18(15-19)23(24,25)26)17-11-13-28(14-12-17)21(29)20(27)16-7-4-3-5-8-16/h3-10,15,17,20H,11-14,27H2,1-2H3/p+1. The maximum Gasteiger partial charge on any atom is 0.416 e. The zero-order chi connectivity index (χ0) is 23.7. The quantitative estimate of drug-likeness (QED) is 0.728. The van der Waals surface area contributed by atoms with Crippen LogP contribution >= 0.6 is 0 Å². The highest BCUT2D eigenvalue weighted by atomic mass is 32.2. The maximum atomic E-state index is 13.3. The van der Waals surface area contributed by atoms with Gasteiger partial charge in [-0.1, -0.05) is 36.4 Å². The van der Waals surface area contributed by atoms with Crippen molar-refractivity contribution < 1.29 is 32.1 Å². The number of alkyl halides is 3. The lowest BCUT2D eigenvalue weighted by atomic mass is 9.85. The molecule has 1 amide bonds. The Bertz CT molecular complexity index is 1060. The van der Waals surface area contributed by atoms with E-state index in [9.17, 15) is 26.4 Å². The van der Waals surface area contributed by atoms with Crippen LogP contribution in [-0.4, -0.2) is 37.1 Å². The fourth-order valence-electron chi connectivity index (χ4n) is 4.21. The summed E-state index contributed by atoms with van der Waals surface area (Å²) in [5.41, 5.74) is 3.80. The molecule has 0 aromatic heterocycles. The Morgan fingerprint density at radius 1 is 1.03 bits per heavy atom. The van der Waals surface area contributed by atoms with E-state index in [2.05, 4.69) is 5.73 Å². The van der Waals surface area contributed by atoms with Crippen LogP contribution in [-0.2, 0) is 20.8 Å². The second-order valence-corrected chi connectivity index (χ2v) is 11.2. The molecule has 2 aromatic carbocycles. The number of hydrogen-bond acceptors (Lipinski definition) is 3. The molecule has 0 bridgehead atoms. The van der Waals surface area contributed by atoms with Crippen molar-refractivity contribution >= 4 is 15.7 Å². The molecule has 32 heavy (non-hydrogen) atoms. The van der Waals surface area contributed by atoms with Crippen LogP contribution in [0.4, 0.5) is 13.2 Å². The first kappa shape index (κ1) is 24.3. The van der Waals surface area contributed by atoms with Crippen molar-refractivity contribution in [2.75, 3.05) is 13.1 Å². The molecule has 5 nitrogen and oxygen atoms in total. The van der Waals surface area contributed by atoms with Gasteiger partial charge in [0.05, 0.1) is 15.2 Å². The van der Waals surface area contributed by atoms with Gasteiger partial charge in [-0.15, -0.1) is 0 Å². The minimum Gasteiger partial charge on any atom is -0.343 e. The van der Waals surface area contributed by atoms with Crippen LogP contribution in [0.1, 0.15) is 43.9 Å². The number of sulfone groups is 1. The van der Waals surface area contributed by atoms with Crippen LogP contribution in [0.25, 0.3) is 0 Å². The predicted octanol–water partition coefficient (Wildman–Crippen LogP) is 3.48. The van der Waals surface area contributed by atoms with Gasteiger partial charge in [-0.25, -0.2) is 8.42 Å². The average molecular weight is 470 g/mol. The number of benzene rings is 2. The van der Waals surface area contributed by atoms with Crippen molar-refractivity contribution in [3.8, 4) is 0 Å². The SMILES string of the molecule is CC(C)(C1CCN(C(=O)C([NH3+])c2ccccc2)CC1)S(=O)(=O)c1cccc(C(F)(F)F)c1. The number of rotatable bonds is 5. The Kier molecular flexibility index (Phi) is 6.72. The monoisotopic (exact) mass is 469 g/mol. The van der Waals surface area contributed by atoms with Crippen molar-refractivity contribution in [1.82, 2.24) is 4.90 Å². The Hall–Kier alpha value is -2.39. The van der Waals surface area contributed by atoms with E-state index in [0.29, 0.717) is 32.0 Å². The van der Waals surface area contributed by atoms with Gasteiger partial charge in [0.25, 0.3) is 5.91 Å². The fourth-order valence-corrected chi connectivity index (χ4v) is 6.03. The first-order valence-corrected chi connectivity index (χ1v) is 11.9. The third-order valence-corrected chi connectivity index (χ3v) is 9.05. The number of carbonyl (C=O) groups excluding carboxylic acids is 1. The molecule has 1 unspecified atom stereocenters. The lowest BCUT2D eigenvalue weighted by molar-refractivity contribution is -0.412. The molecule has 1 aliphatic heterocycles. The van der Waals surface area contributed by atoms with Crippen LogP contribution in [0.5, 0.6) is 0 Å². The number of hydrogen-bond donors (Lipinski definition) is 1. The van der Waals surface area contributed by atoms with E-state index in [1.54, 1.807) is 18.7 Å². The van der Waals surface area contributed by atoms with Gasteiger partial charge >= 0.3 is 6.18 Å². The van der Waals surface area contributed by atoms with Crippen LogP contribution in [0, 0.1) is 5.92 Å². The van der Waals surface area contributed by atoms with E-state index in [1.807, 2.05) is 30.3 Å². The molecule has 0 radical (unpaired) electrons. The summed E-state index contributed by atoms with van der Waals surface area (Å²) in [5, 5.41) is 0. The minimum absolute atomic E-state index is 0.117. The lowest BCUT2D eigenvalue weighted by Crippen LogP contribution is -2.61. The number of quaternary nitrogens is 1. The normalized spacial score (nSPS) is 17.2. The average Bonchev–Trinajstić information content (AvgIpc) is 2.78. The predicted molar refractivity (Wildman–Crippen MR) is 114 cm³/mol. The Morgan fingerprint density at radius 2 is 1.62 bits per heavy atom. The first-order chi connectivity index (χ1) is 14.9. The van der Waals surface area contributed by atoms with E-state index >= 15 is 0 Å². The molecule has 1 aliphatic rings. The number of carbonyl (C=O) groups is 1. The van der Waals surface area contributed by atoms with E-state index in [0.717, 1.165) is 17.7 Å². The molecule has 2 aromatic rings. The summed E-state index contributed by atoms with van der Waals surface area (Å²) in [5.74, 6) is -0.417. The highest BCUT2D eigenvalue weighted by Crippen LogP contribution is 2.39. The van der Waals surface area contributed by atoms with Gasteiger partial charge in [-0.2, -0.15) is 13.2 Å². The maximum absolute atomic E-state index is 13.3. The molecule has 1 atom stereocenters. The van der Waals surface area contributed by atoms with Crippen molar-refractivity contribution in [1.29, 1.82) is 0 Å². The fraction of sp³-hybridized carbons (Fsp3) is 0.435. The van der Waals surface area contributed by atoms with Gasteiger partial charge in [0.1, 0.15) is 0 Å². The lowest BCUT2D eigenvalue weighted by Gasteiger charge is -2.40. The van der Waals surface area contributed by atoms with Gasteiger partial charge in [0.2, 0.25) is 0 Å². The van der Waals surface area contributed by atoms with Crippen LogP contribution in [0.2, 0.25) is 0 Å². The Labute approximate surface area is 186 Å². The summed E-state index contributed by atoms with van der Waals surface area (Å²) in [4.78, 5) is 14.2. The van der Waals surface area contributed by atoms with Gasteiger partial charge in [-0.3, -0.25) is 4.79 Å². The van der Waals surface area contributed by atoms with Gasteiger partial charge in [0.15, 0.2) is 15.9 Å². The second kappa shape index (κ2) is 8.86. The highest BCUT2D eigenvalue weighted by Gasteiger charge is 2.45. The van der Waals surface area contributed by atoms with E-state index in [-0.39, 0.29) is 16.7 Å². The van der Waals surface area contributed by atoms with Crippen molar-refractivity contribution in [2.45, 2.75) is 48.5 Å². The molecule has 9 heteroatoms. The van der Waals surface area contributed by atoms with Crippen molar-refractivity contribution in [2.24, 2.45) is 5.92 Å². The first-order valence-electron chi connectivity index (χ1n) is 10.4. The summed E-state index contributed by atoms with van der Waals surface area (Å²) >= 11 is 0. The summed E-state index contributed by atoms with van der Waals surface area (Å²) in [6.07, 6.45) is -3.73. The summed E-state index contributed by atoms with van der Waals surface area (Å²) in [7, 11) is -4.03. The van der Waals surface area contributed by atoms with E-state index < -0.39 is 32.4 Å². The molecule has 0 spiro atoms. The van der Waals surface area contributed by atoms with Crippen LogP contribution in [0.3, 0.4) is 0 Å². The third kappa shape index (κ3) is 4.68. The number of amides is 1. The number of nitrogens with zero attached hydrogens (tertiary/aromatic N) is 1. The molecule has 1 saturated heterocycles. The summed E-state index contributed by atoms with van der Waals surface area (Å²) < 4.78 is 64.5. The van der Waals surface area contributed by atoms with Crippen LogP contribution < -0.4 is 5.73 Å². The molecule has 0 saturated carbocycles. The van der Waals surface area contributed by atoms with E-state index in [1.165, 1.54) is 6.07 Å². The highest BCUT2D eigenvalue weighted by molar-refractivity contribution is 7.92. The zero-order valence-corrected chi connectivity index (χ0v) is 18.9. The summed E-state index contributed by atoms with van der Waals surface area (Å²) in [6.45, 7) is 3.87. The molecule has 3 rings (SSSR count). The summed E-state index contributed by atoms with van der Waals surface area (Å²) in [6, 6.07) is 12.6. The van der Waals surface area contributed by atoms with Gasteiger partial charge < -0.3 is 10.6 Å². The minimum atomic E-state index is -4.62. The molecule has 174 valence electrons. The van der Waals surface area contributed by atoms with Crippen molar-refractivity contribution in [3.63, 3.8) is 0 Å². The Balaban J connectivity index is 1.73. The molecular weight excluding hydrogens is 441 g/mol. The van der Waals surface area contributed by atoms with Gasteiger partial charge in [0, 0.05) is 18.7 Å². The topological polar surface area (TPSA) is 82.1 Å². The molecule has 1 fully saturated rings. The largest absolute Gasteiger partial charge is 0.416 e. The molecule has 3 N–H and O–H groups in total. The zero-order valence-electron chi connectivity index (χ0n) is 18.1. The molecule has 1 heterocycles. The second-order valence-electron chi connectivity index (χ2n) is 8.70. The molecular formula is C23H28F3N2O3S+. The smallest absolute Gasteiger partial charge is 0.343 e. The number of piperidine rings is 1. The van der Waals surface area contributed by atoms with E-state index in [4.69, 9.17) is 0 Å². The van der Waals surface area contributed by atoms with Crippen molar-refractivity contribution in [3.05, 3.63) is 65.7 Å². The number of halogens is 3.